The van der Waals surface area contributed by atoms with E-state index in [1.54, 1.807) is 0 Å². The maximum Gasteiger partial charge on any atom is 0.0596 e. The summed E-state index contributed by atoms with van der Waals surface area (Å²) >= 11 is 0. The molecule has 14 heavy (non-hydrogen) atoms. The van der Waals surface area contributed by atoms with Gasteiger partial charge in [-0.3, -0.25) is 4.68 Å². The van der Waals surface area contributed by atoms with Gasteiger partial charge >= 0.3 is 0 Å². The molecule has 0 unspecified atom stereocenters. The number of nitrogens with zero attached hydrogens (tertiary/aromatic N) is 2. The van der Waals surface area contributed by atoms with E-state index in [-0.39, 0.29) is 0 Å². The Hall–Kier alpha value is -0.830. The minimum Gasteiger partial charge on any atom is -0.315 e. The number of hydrogen-bond acceptors (Lipinski definition) is 2. The van der Waals surface area contributed by atoms with E-state index in [1.807, 2.05) is 25.5 Å². The fraction of sp³-hybridized carbons (Fsp3) is 0.727. The lowest BCUT2D eigenvalue weighted by molar-refractivity contribution is 0.552. The predicted octanol–water partition coefficient (Wildman–Crippen LogP) is 2.14. The van der Waals surface area contributed by atoms with E-state index in [2.05, 4.69) is 30.3 Å². The van der Waals surface area contributed by atoms with Crippen molar-refractivity contribution >= 4 is 0 Å². The normalized spacial score (nSPS) is 9.50. The fourth-order valence-electron chi connectivity index (χ4n) is 1.26. The summed E-state index contributed by atoms with van der Waals surface area (Å²) in [6.45, 7) is 13.2. The minimum atomic E-state index is 0.966. The van der Waals surface area contributed by atoms with Gasteiger partial charge in [0.15, 0.2) is 0 Å². The van der Waals surface area contributed by atoms with Crippen LogP contribution in [0, 0.1) is 13.8 Å². The largest absolute Gasteiger partial charge is 0.315 e. The summed E-state index contributed by atoms with van der Waals surface area (Å²) < 4.78 is 2.04. The van der Waals surface area contributed by atoms with E-state index in [4.69, 9.17) is 0 Å². The number of aromatic nitrogens is 2. The van der Waals surface area contributed by atoms with Gasteiger partial charge in [0.05, 0.1) is 12.2 Å². The van der Waals surface area contributed by atoms with Crippen LogP contribution in [0.3, 0.4) is 0 Å². The number of likely N-dealkylation sites (N-methyl/N-ethyl adjacent to an activating group) is 1. The van der Waals surface area contributed by atoms with Gasteiger partial charge in [-0.1, -0.05) is 20.8 Å². The highest BCUT2D eigenvalue weighted by molar-refractivity contribution is 5.06. The zero-order valence-electron chi connectivity index (χ0n) is 10.1. The van der Waals surface area contributed by atoms with Crippen molar-refractivity contribution < 1.29 is 0 Å². The Labute approximate surface area is 87.5 Å². The maximum atomic E-state index is 4.36. The zero-order chi connectivity index (χ0) is 11.0. The topological polar surface area (TPSA) is 29.9 Å². The fourth-order valence-corrected chi connectivity index (χ4v) is 1.26. The molecule has 0 aromatic carbocycles. The average molecular weight is 197 g/mol. The molecule has 0 saturated carbocycles. The van der Waals surface area contributed by atoms with E-state index >= 15 is 0 Å². The highest BCUT2D eigenvalue weighted by Crippen LogP contribution is 2.00. The summed E-state index contributed by atoms with van der Waals surface area (Å²) in [5.41, 5.74) is 2.34. The van der Waals surface area contributed by atoms with Crippen molar-refractivity contribution in [2.75, 3.05) is 13.1 Å². The van der Waals surface area contributed by atoms with Crippen LogP contribution in [0.1, 0.15) is 32.2 Å². The average Bonchev–Trinajstić information content (AvgIpc) is 2.49. The van der Waals surface area contributed by atoms with Crippen molar-refractivity contribution in [1.29, 1.82) is 0 Å². The van der Waals surface area contributed by atoms with Crippen molar-refractivity contribution in [2.24, 2.45) is 0 Å². The molecule has 0 saturated heterocycles. The molecule has 0 aliphatic rings. The summed E-state index contributed by atoms with van der Waals surface area (Å²) in [7, 11) is 0. The molecule has 1 aromatic heterocycles. The molecule has 1 N–H and O–H groups in total. The van der Waals surface area contributed by atoms with Crippen LogP contribution in [-0.2, 0) is 6.54 Å². The summed E-state index contributed by atoms with van der Waals surface area (Å²) in [5, 5.41) is 7.63. The molecule has 0 bridgehead atoms. The van der Waals surface area contributed by atoms with Crippen molar-refractivity contribution in [2.45, 2.75) is 41.2 Å². The van der Waals surface area contributed by atoms with Crippen LogP contribution in [0.2, 0.25) is 0 Å². The molecule has 3 nitrogen and oxygen atoms in total. The van der Waals surface area contributed by atoms with Gasteiger partial charge < -0.3 is 5.32 Å². The number of hydrogen-bond donors (Lipinski definition) is 1. The molecule has 0 atom stereocenters. The third-order valence-electron chi connectivity index (χ3n) is 1.85. The van der Waals surface area contributed by atoms with E-state index in [0.29, 0.717) is 0 Å². The molecule has 0 radical (unpaired) electrons. The highest BCUT2D eigenvalue weighted by atomic mass is 15.3. The monoisotopic (exact) mass is 197 g/mol. The molecule has 0 amide bonds. The van der Waals surface area contributed by atoms with Gasteiger partial charge in [-0.15, -0.1) is 0 Å². The first-order valence-electron chi connectivity index (χ1n) is 5.46. The Morgan fingerprint density at radius 2 is 2.00 bits per heavy atom. The van der Waals surface area contributed by atoms with Gasteiger partial charge in [0.25, 0.3) is 0 Å². The molecule has 0 aliphatic carbocycles. The van der Waals surface area contributed by atoms with Crippen molar-refractivity contribution in [3.63, 3.8) is 0 Å². The van der Waals surface area contributed by atoms with E-state index < -0.39 is 0 Å². The van der Waals surface area contributed by atoms with Gasteiger partial charge in [-0.2, -0.15) is 5.10 Å². The smallest absolute Gasteiger partial charge is 0.0596 e. The first-order chi connectivity index (χ1) is 6.74. The Bertz CT molecular complexity index is 241. The quantitative estimate of drug-likeness (QED) is 0.749. The van der Waals surface area contributed by atoms with Crippen molar-refractivity contribution in [3.05, 3.63) is 17.5 Å². The first kappa shape index (κ1) is 13.2. The lowest BCUT2D eigenvalue weighted by atomic mass is 10.4. The molecule has 1 rings (SSSR count). The van der Waals surface area contributed by atoms with Crippen LogP contribution in [0.25, 0.3) is 0 Å². The third-order valence-corrected chi connectivity index (χ3v) is 1.85. The molecule has 0 spiro atoms. The maximum absolute atomic E-state index is 4.36. The summed E-state index contributed by atoms with van der Waals surface area (Å²) in [6.07, 6.45) is 0. The summed E-state index contributed by atoms with van der Waals surface area (Å²) in [4.78, 5) is 0. The second-order valence-electron chi connectivity index (χ2n) is 3.00. The van der Waals surface area contributed by atoms with Gasteiger partial charge in [-0.05, 0) is 26.5 Å². The molecule has 0 fully saturated rings. The molecule has 1 heterocycles. The molecule has 82 valence electrons. The standard InChI is InChI=1S/C9H17N3.C2H6/c1-4-10-5-6-12-9(3)7-8(2)11-12;1-2/h7,10H,4-6H2,1-3H3;1-2H3. The third kappa shape index (κ3) is 4.42. The van der Waals surface area contributed by atoms with Gasteiger partial charge in [0.1, 0.15) is 0 Å². The minimum absolute atomic E-state index is 0.966. The second kappa shape index (κ2) is 7.56. The van der Waals surface area contributed by atoms with Gasteiger partial charge in [-0.25, -0.2) is 0 Å². The first-order valence-corrected chi connectivity index (χ1v) is 5.46. The van der Waals surface area contributed by atoms with Crippen LogP contribution in [0.4, 0.5) is 0 Å². The zero-order valence-corrected chi connectivity index (χ0v) is 10.1. The van der Waals surface area contributed by atoms with Crippen LogP contribution >= 0.6 is 0 Å². The predicted molar refractivity (Wildman–Crippen MR) is 61.6 cm³/mol. The van der Waals surface area contributed by atoms with Crippen LogP contribution in [0.15, 0.2) is 6.07 Å². The number of aryl methyl sites for hydroxylation is 2. The highest BCUT2D eigenvalue weighted by Gasteiger charge is 1.98. The van der Waals surface area contributed by atoms with E-state index in [9.17, 15) is 0 Å². The number of rotatable bonds is 4. The van der Waals surface area contributed by atoms with Gasteiger partial charge in [0, 0.05) is 12.2 Å². The van der Waals surface area contributed by atoms with Crippen molar-refractivity contribution in [3.8, 4) is 0 Å². The summed E-state index contributed by atoms with van der Waals surface area (Å²) in [5.74, 6) is 0. The second-order valence-corrected chi connectivity index (χ2v) is 3.00. The van der Waals surface area contributed by atoms with E-state index in [1.165, 1.54) is 5.69 Å². The van der Waals surface area contributed by atoms with E-state index in [0.717, 1.165) is 25.3 Å². The van der Waals surface area contributed by atoms with Crippen LogP contribution < -0.4 is 5.32 Å². The molecule has 3 heteroatoms. The Balaban J connectivity index is 0.000000791. The lowest BCUT2D eigenvalue weighted by Gasteiger charge is -2.03. The molecular formula is C11H23N3. The molecule has 0 aliphatic heterocycles. The van der Waals surface area contributed by atoms with Gasteiger partial charge in [0.2, 0.25) is 0 Å². The molecule has 1 aromatic rings. The SMILES string of the molecule is CC.CCNCCn1nc(C)cc1C. The number of nitrogens with one attached hydrogen (secondary N) is 1. The van der Waals surface area contributed by atoms with Crippen LogP contribution in [0.5, 0.6) is 0 Å². The Morgan fingerprint density at radius 3 is 2.43 bits per heavy atom. The lowest BCUT2D eigenvalue weighted by Crippen LogP contribution is -2.20. The van der Waals surface area contributed by atoms with Crippen molar-refractivity contribution in [1.82, 2.24) is 15.1 Å². The molecular weight excluding hydrogens is 174 g/mol. The Morgan fingerprint density at radius 1 is 1.36 bits per heavy atom. The van der Waals surface area contributed by atoms with Crippen LogP contribution in [-0.4, -0.2) is 22.9 Å². The Kier molecular flexibility index (Phi) is 7.11. The summed E-state index contributed by atoms with van der Waals surface area (Å²) in [6, 6.07) is 2.10.